The number of hydrogen-bond donors (Lipinski definition) is 0. The van der Waals surface area contributed by atoms with Gasteiger partial charge in [0.1, 0.15) is 12.6 Å². The van der Waals surface area contributed by atoms with Crippen molar-refractivity contribution in [2.45, 2.75) is 19.9 Å². The lowest BCUT2D eigenvalue weighted by Crippen LogP contribution is -2.06. The standard InChI is InChI=1S/C16H17NO/c1-11(2)16-17-15(10-18-16)14-9-5-7-12-6-3-4-8-13(12)14/h3-9,11,15H,10H2,1-2H3. The molecule has 0 aliphatic carbocycles. The lowest BCUT2D eigenvalue weighted by molar-refractivity contribution is 0.304. The molecule has 0 aromatic heterocycles. The van der Waals surface area contributed by atoms with Gasteiger partial charge in [0.25, 0.3) is 0 Å². The Hall–Kier alpha value is -1.83. The molecule has 1 aliphatic heterocycles. The van der Waals surface area contributed by atoms with Crippen LogP contribution < -0.4 is 0 Å². The van der Waals surface area contributed by atoms with Crippen LogP contribution in [0, 0.1) is 5.92 Å². The normalized spacial score (nSPS) is 19.1. The Kier molecular flexibility index (Phi) is 2.78. The molecule has 2 heteroatoms. The van der Waals surface area contributed by atoms with Crippen LogP contribution in [0.15, 0.2) is 47.5 Å². The van der Waals surface area contributed by atoms with Crippen molar-refractivity contribution in [1.29, 1.82) is 0 Å². The molecule has 0 N–H and O–H groups in total. The Morgan fingerprint density at radius 1 is 1.11 bits per heavy atom. The highest BCUT2D eigenvalue weighted by Crippen LogP contribution is 2.30. The van der Waals surface area contributed by atoms with Crippen molar-refractivity contribution >= 4 is 16.7 Å². The van der Waals surface area contributed by atoms with E-state index < -0.39 is 0 Å². The average Bonchev–Trinajstić information content (AvgIpc) is 2.87. The molecule has 2 nitrogen and oxygen atoms in total. The van der Waals surface area contributed by atoms with Crippen LogP contribution in [0.25, 0.3) is 10.8 Å². The maximum atomic E-state index is 5.68. The Morgan fingerprint density at radius 3 is 2.67 bits per heavy atom. The topological polar surface area (TPSA) is 21.6 Å². The van der Waals surface area contributed by atoms with Gasteiger partial charge in [-0.2, -0.15) is 0 Å². The van der Waals surface area contributed by atoms with Crippen molar-refractivity contribution in [3.05, 3.63) is 48.0 Å². The number of nitrogens with zero attached hydrogens (tertiary/aromatic N) is 1. The summed E-state index contributed by atoms with van der Waals surface area (Å²) in [6.45, 7) is 4.90. The van der Waals surface area contributed by atoms with E-state index in [1.54, 1.807) is 0 Å². The molecule has 0 radical (unpaired) electrons. The van der Waals surface area contributed by atoms with E-state index in [9.17, 15) is 0 Å². The third-order valence-corrected chi connectivity index (χ3v) is 3.35. The van der Waals surface area contributed by atoms with Gasteiger partial charge in [0.2, 0.25) is 0 Å². The van der Waals surface area contributed by atoms with Crippen LogP contribution in [-0.4, -0.2) is 12.5 Å². The summed E-state index contributed by atoms with van der Waals surface area (Å²) in [5, 5.41) is 2.55. The monoisotopic (exact) mass is 239 g/mol. The largest absolute Gasteiger partial charge is 0.478 e. The molecule has 0 fully saturated rings. The maximum Gasteiger partial charge on any atom is 0.186 e. The van der Waals surface area contributed by atoms with E-state index >= 15 is 0 Å². The first-order valence-corrected chi connectivity index (χ1v) is 6.44. The van der Waals surface area contributed by atoms with E-state index in [4.69, 9.17) is 9.73 Å². The summed E-state index contributed by atoms with van der Waals surface area (Å²) in [5.74, 6) is 1.25. The zero-order valence-electron chi connectivity index (χ0n) is 10.8. The summed E-state index contributed by atoms with van der Waals surface area (Å²) < 4.78 is 5.68. The van der Waals surface area contributed by atoms with Crippen LogP contribution in [0.4, 0.5) is 0 Å². The zero-order chi connectivity index (χ0) is 12.5. The first-order chi connectivity index (χ1) is 8.75. The van der Waals surface area contributed by atoms with E-state index in [1.165, 1.54) is 16.3 Å². The molecular weight excluding hydrogens is 222 g/mol. The van der Waals surface area contributed by atoms with Crippen molar-refractivity contribution in [2.75, 3.05) is 6.61 Å². The molecular formula is C16H17NO. The van der Waals surface area contributed by atoms with Crippen LogP contribution in [0.2, 0.25) is 0 Å². The number of hydrogen-bond acceptors (Lipinski definition) is 2. The number of fused-ring (bicyclic) bond motifs is 1. The molecule has 1 atom stereocenters. The third-order valence-electron chi connectivity index (χ3n) is 3.35. The Morgan fingerprint density at radius 2 is 1.89 bits per heavy atom. The SMILES string of the molecule is CC(C)C1=NC(c2cccc3ccccc23)CO1. The van der Waals surface area contributed by atoms with Crippen LogP contribution in [-0.2, 0) is 4.74 Å². The second-order valence-electron chi connectivity index (χ2n) is 5.02. The fourth-order valence-corrected chi connectivity index (χ4v) is 2.41. The Labute approximate surface area is 107 Å². The van der Waals surface area contributed by atoms with Gasteiger partial charge in [0, 0.05) is 5.92 Å². The highest BCUT2D eigenvalue weighted by Gasteiger charge is 2.23. The molecule has 3 rings (SSSR count). The molecule has 0 saturated carbocycles. The minimum absolute atomic E-state index is 0.147. The first-order valence-electron chi connectivity index (χ1n) is 6.44. The fourth-order valence-electron chi connectivity index (χ4n) is 2.41. The van der Waals surface area contributed by atoms with Crippen molar-refractivity contribution < 1.29 is 4.74 Å². The van der Waals surface area contributed by atoms with Gasteiger partial charge in [-0.3, -0.25) is 0 Å². The lowest BCUT2D eigenvalue weighted by Gasteiger charge is -2.09. The molecule has 0 bridgehead atoms. The summed E-state index contributed by atoms with van der Waals surface area (Å²) in [6.07, 6.45) is 0. The van der Waals surface area contributed by atoms with E-state index in [0.29, 0.717) is 12.5 Å². The minimum atomic E-state index is 0.147. The van der Waals surface area contributed by atoms with Crippen LogP contribution in [0.5, 0.6) is 0 Å². The van der Waals surface area contributed by atoms with Gasteiger partial charge in [0.15, 0.2) is 5.90 Å². The molecule has 2 aromatic carbocycles. The van der Waals surface area contributed by atoms with Gasteiger partial charge in [-0.15, -0.1) is 0 Å². The number of ether oxygens (including phenoxy) is 1. The predicted molar refractivity (Wildman–Crippen MR) is 74.9 cm³/mol. The van der Waals surface area contributed by atoms with Gasteiger partial charge < -0.3 is 4.74 Å². The fraction of sp³-hybridized carbons (Fsp3) is 0.312. The predicted octanol–water partition coefficient (Wildman–Crippen LogP) is 3.97. The average molecular weight is 239 g/mol. The van der Waals surface area contributed by atoms with E-state index in [0.717, 1.165) is 5.90 Å². The molecule has 0 saturated heterocycles. The summed E-state index contributed by atoms with van der Waals surface area (Å²) >= 11 is 0. The van der Waals surface area contributed by atoms with Crippen molar-refractivity contribution in [3.8, 4) is 0 Å². The van der Waals surface area contributed by atoms with Gasteiger partial charge in [0.05, 0.1) is 0 Å². The molecule has 2 aromatic rings. The van der Waals surface area contributed by atoms with E-state index in [1.807, 2.05) is 0 Å². The molecule has 1 heterocycles. The van der Waals surface area contributed by atoms with Crippen molar-refractivity contribution in [1.82, 2.24) is 0 Å². The van der Waals surface area contributed by atoms with Gasteiger partial charge in [-0.25, -0.2) is 4.99 Å². The summed E-state index contributed by atoms with van der Waals surface area (Å²) in [6, 6.07) is 15.0. The molecule has 0 amide bonds. The smallest absolute Gasteiger partial charge is 0.186 e. The summed E-state index contributed by atoms with van der Waals surface area (Å²) in [5.41, 5.74) is 1.27. The quantitative estimate of drug-likeness (QED) is 0.777. The third kappa shape index (κ3) is 1.88. The Balaban J connectivity index is 2.06. The first kappa shape index (κ1) is 11.3. The van der Waals surface area contributed by atoms with Gasteiger partial charge in [-0.05, 0) is 16.3 Å². The minimum Gasteiger partial charge on any atom is -0.478 e. The lowest BCUT2D eigenvalue weighted by atomic mass is 10.00. The molecule has 18 heavy (non-hydrogen) atoms. The molecule has 1 aliphatic rings. The molecule has 92 valence electrons. The van der Waals surface area contributed by atoms with Gasteiger partial charge in [-0.1, -0.05) is 56.3 Å². The van der Waals surface area contributed by atoms with E-state index in [2.05, 4.69) is 56.3 Å². The summed E-state index contributed by atoms with van der Waals surface area (Å²) in [7, 11) is 0. The molecule has 0 spiro atoms. The van der Waals surface area contributed by atoms with Crippen LogP contribution >= 0.6 is 0 Å². The number of aliphatic imine (C=N–C) groups is 1. The second-order valence-corrected chi connectivity index (χ2v) is 5.02. The Bertz CT molecular complexity index is 596. The zero-order valence-corrected chi connectivity index (χ0v) is 10.8. The highest BCUT2D eigenvalue weighted by atomic mass is 16.5. The van der Waals surface area contributed by atoms with E-state index in [-0.39, 0.29) is 6.04 Å². The van der Waals surface area contributed by atoms with Gasteiger partial charge >= 0.3 is 0 Å². The number of benzene rings is 2. The van der Waals surface area contributed by atoms with Crippen molar-refractivity contribution in [3.63, 3.8) is 0 Å². The second kappa shape index (κ2) is 4.45. The summed E-state index contributed by atoms with van der Waals surface area (Å²) in [4.78, 5) is 4.70. The number of rotatable bonds is 2. The van der Waals surface area contributed by atoms with Crippen LogP contribution in [0.1, 0.15) is 25.5 Å². The molecule has 1 unspecified atom stereocenters. The van der Waals surface area contributed by atoms with Crippen molar-refractivity contribution in [2.24, 2.45) is 10.9 Å². The maximum absolute atomic E-state index is 5.68. The van der Waals surface area contributed by atoms with Crippen LogP contribution in [0.3, 0.4) is 0 Å². The highest BCUT2D eigenvalue weighted by molar-refractivity contribution is 5.87.